The van der Waals surface area contributed by atoms with Crippen LogP contribution in [0.3, 0.4) is 0 Å². The number of hydrogen-bond donors (Lipinski definition) is 2. The third-order valence-corrected chi connectivity index (χ3v) is 4.01. The molecule has 1 aromatic rings. The first-order valence-electron chi connectivity index (χ1n) is 5.80. The van der Waals surface area contributed by atoms with Crippen molar-refractivity contribution >= 4 is 23.2 Å². The highest BCUT2D eigenvalue weighted by molar-refractivity contribution is 7.13. The first-order valence-corrected chi connectivity index (χ1v) is 6.61. The van der Waals surface area contributed by atoms with Crippen molar-refractivity contribution in [1.82, 2.24) is 10.3 Å². The molecule has 0 saturated heterocycles. The van der Waals surface area contributed by atoms with Crippen LogP contribution in [0, 0.1) is 18.8 Å². The molecular formula is C12H18N2O3S. The Labute approximate surface area is 110 Å². The summed E-state index contributed by atoms with van der Waals surface area (Å²) in [4.78, 5) is 27.0. The summed E-state index contributed by atoms with van der Waals surface area (Å²) in [5, 5.41) is 12.3. The molecule has 1 unspecified atom stereocenters. The van der Waals surface area contributed by atoms with E-state index in [4.69, 9.17) is 5.11 Å². The number of carbonyl (C=O) groups is 2. The molecule has 1 amide bonds. The number of hydrogen-bond acceptors (Lipinski definition) is 4. The van der Waals surface area contributed by atoms with E-state index in [1.807, 2.05) is 20.8 Å². The van der Waals surface area contributed by atoms with Crippen LogP contribution < -0.4 is 5.32 Å². The minimum atomic E-state index is -0.974. The van der Waals surface area contributed by atoms with Crippen LogP contribution in [0.25, 0.3) is 0 Å². The van der Waals surface area contributed by atoms with Crippen molar-refractivity contribution in [2.45, 2.75) is 34.2 Å². The fraction of sp³-hybridized carbons (Fsp3) is 0.583. The molecule has 0 fully saturated rings. The molecule has 1 heterocycles. The van der Waals surface area contributed by atoms with Gasteiger partial charge in [0.1, 0.15) is 9.88 Å². The molecule has 0 aliphatic carbocycles. The molecule has 1 aromatic heterocycles. The fourth-order valence-corrected chi connectivity index (χ4v) is 2.20. The number of thiazole rings is 1. The Morgan fingerprint density at radius 1 is 1.39 bits per heavy atom. The Morgan fingerprint density at radius 2 is 2.00 bits per heavy atom. The first-order chi connectivity index (χ1) is 8.32. The van der Waals surface area contributed by atoms with Gasteiger partial charge in [-0.1, -0.05) is 20.8 Å². The number of rotatable bonds is 5. The van der Waals surface area contributed by atoms with Gasteiger partial charge in [0.2, 0.25) is 5.91 Å². The highest BCUT2D eigenvalue weighted by atomic mass is 32.1. The van der Waals surface area contributed by atoms with Crippen molar-refractivity contribution in [1.29, 1.82) is 0 Å². The van der Waals surface area contributed by atoms with Crippen LogP contribution in [0.1, 0.15) is 41.1 Å². The summed E-state index contributed by atoms with van der Waals surface area (Å²) in [5.74, 6) is -0.796. The van der Waals surface area contributed by atoms with Crippen LogP contribution in [0.4, 0.5) is 0 Å². The van der Waals surface area contributed by atoms with Crippen LogP contribution in [-0.4, -0.2) is 22.0 Å². The molecule has 5 nitrogen and oxygen atoms in total. The van der Waals surface area contributed by atoms with Gasteiger partial charge in [-0.05, 0) is 12.8 Å². The van der Waals surface area contributed by atoms with E-state index in [9.17, 15) is 9.59 Å². The maximum Gasteiger partial charge on any atom is 0.347 e. The number of nitrogens with zero attached hydrogens (tertiary/aromatic N) is 1. The molecule has 100 valence electrons. The lowest BCUT2D eigenvalue weighted by atomic mass is 9.97. The SMILES string of the molecule is Cc1nc(CNC(=O)C(C)C(C)C)sc1C(=O)O. The van der Waals surface area contributed by atoms with E-state index in [0.29, 0.717) is 10.7 Å². The summed E-state index contributed by atoms with van der Waals surface area (Å²) in [6.07, 6.45) is 0. The van der Waals surface area contributed by atoms with E-state index < -0.39 is 5.97 Å². The summed E-state index contributed by atoms with van der Waals surface area (Å²) in [6, 6.07) is 0. The molecule has 1 atom stereocenters. The highest BCUT2D eigenvalue weighted by Gasteiger charge is 2.18. The average molecular weight is 270 g/mol. The highest BCUT2D eigenvalue weighted by Crippen LogP contribution is 2.18. The van der Waals surface area contributed by atoms with Crippen molar-refractivity contribution in [2.24, 2.45) is 11.8 Å². The molecule has 0 aliphatic rings. The van der Waals surface area contributed by atoms with Gasteiger partial charge < -0.3 is 10.4 Å². The van der Waals surface area contributed by atoms with Crippen molar-refractivity contribution in [2.75, 3.05) is 0 Å². The minimum Gasteiger partial charge on any atom is -0.477 e. The molecule has 6 heteroatoms. The largest absolute Gasteiger partial charge is 0.477 e. The van der Waals surface area contributed by atoms with Crippen LogP contribution in [0.2, 0.25) is 0 Å². The molecule has 0 saturated carbocycles. The summed E-state index contributed by atoms with van der Waals surface area (Å²) < 4.78 is 0. The second-order valence-corrected chi connectivity index (χ2v) is 5.66. The molecule has 0 aliphatic heterocycles. The average Bonchev–Trinajstić information content (AvgIpc) is 2.66. The van der Waals surface area contributed by atoms with Crippen molar-refractivity contribution in [3.05, 3.63) is 15.6 Å². The standard InChI is InChI=1S/C12H18N2O3S/c1-6(2)7(3)11(15)13-5-9-14-8(4)10(18-9)12(16)17/h6-7H,5H2,1-4H3,(H,13,15)(H,16,17). The lowest BCUT2D eigenvalue weighted by molar-refractivity contribution is -0.125. The molecule has 18 heavy (non-hydrogen) atoms. The van der Waals surface area contributed by atoms with E-state index in [-0.39, 0.29) is 29.2 Å². The van der Waals surface area contributed by atoms with Gasteiger partial charge in [-0.15, -0.1) is 11.3 Å². The quantitative estimate of drug-likeness (QED) is 0.858. The Hall–Kier alpha value is -1.43. The summed E-state index contributed by atoms with van der Waals surface area (Å²) in [6.45, 7) is 7.78. The number of carboxylic acid groups (broad SMARTS) is 1. The van der Waals surface area contributed by atoms with Crippen molar-refractivity contribution < 1.29 is 14.7 Å². The summed E-state index contributed by atoms with van der Waals surface area (Å²) in [7, 11) is 0. The topological polar surface area (TPSA) is 79.3 Å². The van der Waals surface area contributed by atoms with Crippen LogP contribution in [0.5, 0.6) is 0 Å². The van der Waals surface area contributed by atoms with Gasteiger partial charge in [-0.2, -0.15) is 0 Å². The van der Waals surface area contributed by atoms with Gasteiger partial charge in [0.25, 0.3) is 0 Å². The monoisotopic (exact) mass is 270 g/mol. The Morgan fingerprint density at radius 3 is 2.44 bits per heavy atom. The van der Waals surface area contributed by atoms with E-state index in [0.717, 1.165) is 11.3 Å². The number of aromatic nitrogens is 1. The zero-order valence-corrected chi connectivity index (χ0v) is 11.8. The Kier molecular flexibility index (Phi) is 4.84. The Bertz CT molecular complexity index is 454. The van der Waals surface area contributed by atoms with Crippen molar-refractivity contribution in [3.63, 3.8) is 0 Å². The second-order valence-electron chi connectivity index (χ2n) is 4.58. The molecule has 2 N–H and O–H groups in total. The molecule has 0 bridgehead atoms. The Balaban J connectivity index is 2.62. The maximum absolute atomic E-state index is 11.7. The normalized spacial score (nSPS) is 12.5. The van der Waals surface area contributed by atoms with Gasteiger partial charge in [-0.25, -0.2) is 9.78 Å². The number of aryl methyl sites for hydroxylation is 1. The maximum atomic E-state index is 11.7. The number of nitrogens with one attached hydrogen (secondary N) is 1. The van der Waals surface area contributed by atoms with E-state index in [1.165, 1.54) is 0 Å². The predicted octanol–water partition coefficient (Wildman–Crippen LogP) is 2.06. The number of carboxylic acids is 1. The van der Waals surface area contributed by atoms with Gasteiger partial charge in [-0.3, -0.25) is 4.79 Å². The van der Waals surface area contributed by atoms with Gasteiger partial charge in [0.15, 0.2) is 0 Å². The summed E-state index contributed by atoms with van der Waals surface area (Å²) >= 11 is 1.10. The van der Waals surface area contributed by atoms with E-state index >= 15 is 0 Å². The van der Waals surface area contributed by atoms with Crippen molar-refractivity contribution in [3.8, 4) is 0 Å². The fourth-order valence-electron chi connectivity index (χ4n) is 1.35. The van der Waals surface area contributed by atoms with Crippen LogP contribution >= 0.6 is 11.3 Å². The molecule has 0 spiro atoms. The lowest BCUT2D eigenvalue weighted by Gasteiger charge is -2.14. The predicted molar refractivity (Wildman–Crippen MR) is 69.7 cm³/mol. The zero-order valence-electron chi connectivity index (χ0n) is 11.0. The smallest absolute Gasteiger partial charge is 0.347 e. The summed E-state index contributed by atoms with van der Waals surface area (Å²) in [5.41, 5.74) is 0.494. The molecular weight excluding hydrogens is 252 g/mol. The first kappa shape index (κ1) is 14.6. The van der Waals surface area contributed by atoms with Gasteiger partial charge in [0, 0.05) is 5.92 Å². The molecule has 0 radical (unpaired) electrons. The number of carbonyl (C=O) groups excluding carboxylic acids is 1. The number of amides is 1. The van der Waals surface area contributed by atoms with E-state index in [2.05, 4.69) is 10.3 Å². The third kappa shape index (κ3) is 3.53. The molecule has 1 rings (SSSR count). The van der Waals surface area contributed by atoms with E-state index in [1.54, 1.807) is 6.92 Å². The van der Waals surface area contributed by atoms with Crippen LogP contribution in [-0.2, 0) is 11.3 Å². The zero-order chi connectivity index (χ0) is 13.9. The lowest BCUT2D eigenvalue weighted by Crippen LogP contribution is -2.31. The van der Waals surface area contributed by atoms with Crippen LogP contribution in [0.15, 0.2) is 0 Å². The third-order valence-electron chi connectivity index (χ3n) is 2.86. The second kappa shape index (κ2) is 5.95. The number of aromatic carboxylic acids is 1. The molecule has 0 aromatic carbocycles. The minimum absolute atomic E-state index is 0.0327. The van der Waals surface area contributed by atoms with Gasteiger partial charge >= 0.3 is 5.97 Å². The van der Waals surface area contributed by atoms with Gasteiger partial charge in [0.05, 0.1) is 12.2 Å².